The number of hydrogen-bond acceptors (Lipinski definition) is 6. The predicted molar refractivity (Wildman–Crippen MR) is 81.0 cm³/mol. The maximum atomic E-state index is 12.0. The third-order valence-electron chi connectivity index (χ3n) is 2.95. The van der Waals surface area contributed by atoms with Gasteiger partial charge in [0.2, 0.25) is 5.76 Å². The zero-order valence-corrected chi connectivity index (χ0v) is 13.0. The number of hydrogen-bond donors (Lipinski definition) is 0. The number of carbonyl (C=O) groups is 1. The minimum atomic E-state index is -0.586. The molecule has 0 aliphatic carbocycles. The van der Waals surface area contributed by atoms with Crippen molar-refractivity contribution in [1.29, 1.82) is 0 Å². The fourth-order valence-electron chi connectivity index (χ4n) is 1.91. The van der Waals surface area contributed by atoms with Crippen molar-refractivity contribution < 1.29 is 14.3 Å². The maximum Gasteiger partial charge on any atom is 0.374 e. The summed E-state index contributed by atoms with van der Waals surface area (Å²) in [5, 5.41) is 0. The van der Waals surface area contributed by atoms with Gasteiger partial charge in [-0.05, 0) is 26.3 Å². The summed E-state index contributed by atoms with van der Waals surface area (Å²) in [6, 6.07) is 9.49. The van der Waals surface area contributed by atoms with E-state index in [2.05, 4.69) is 15.0 Å². The Bertz CT molecular complexity index is 692. The fourth-order valence-corrected chi connectivity index (χ4v) is 1.91. The Balaban J connectivity index is 2.45. The number of allylic oxidation sites excluding steroid dienone is 1. The molecule has 0 atom stereocenters. The van der Waals surface area contributed by atoms with Gasteiger partial charge in [0, 0.05) is 5.57 Å². The molecule has 0 N–H and O–H groups in total. The maximum absolute atomic E-state index is 12.0. The van der Waals surface area contributed by atoms with Crippen LogP contribution in [0.1, 0.15) is 24.1 Å². The Morgan fingerprint density at radius 1 is 1.00 bits per heavy atom. The first-order chi connectivity index (χ1) is 10.5. The Morgan fingerprint density at radius 2 is 1.59 bits per heavy atom. The zero-order chi connectivity index (χ0) is 16.1. The largest absolute Gasteiger partial charge is 0.463 e. The molecule has 0 bridgehead atoms. The summed E-state index contributed by atoms with van der Waals surface area (Å²) in [6.45, 7) is 5.24. The number of methoxy groups -OCH3 is 1. The Morgan fingerprint density at radius 3 is 2.14 bits per heavy atom. The second-order valence-electron chi connectivity index (χ2n) is 4.63. The number of aryl methyl sites for hydroxylation is 2. The van der Waals surface area contributed by atoms with Crippen molar-refractivity contribution in [2.45, 2.75) is 20.8 Å². The fraction of sp³-hybridized carbons (Fsp3) is 0.250. The van der Waals surface area contributed by atoms with Crippen molar-refractivity contribution in [3.05, 3.63) is 53.3 Å². The van der Waals surface area contributed by atoms with Crippen LogP contribution in [0, 0.1) is 13.8 Å². The Hall–Kier alpha value is -2.76. The smallest absolute Gasteiger partial charge is 0.374 e. The van der Waals surface area contributed by atoms with Gasteiger partial charge in [0.1, 0.15) is 11.6 Å². The molecule has 6 heteroatoms. The van der Waals surface area contributed by atoms with Gasteiger partial charge in [0.25, 0.3) is 0 Å². The van der Waals surface area contributed by atoms with Crippen LogP contribution in [-0.4, -0.2) is 28.0 Å². The quantitative estimate of drug-likeness (QED) is 0.490. The lowest BCUT2D eigenvalue weighted by molar-refractivity contribution is -0.138. The molecular formula is C16H17N3O3. The van der Waals surface area contributed by atoms with Crippen LogP contribution in [0.25, 0.3) is 5.57 Å². The molecule has 1 heterocycles. The molecule has 0 saturated carbocycles. The highest BCUT2D eigenvalue weighted by Crippen LogP contribution is 2.21. The first-order valence-corrected chi connectivity index (χ1v) is 6.73. The Kier molecular flexibility index (Phi) is 4.83. The molecular weight excluding hydrogens is 282 g/mol. The highest BCUT2D eigenvalue weighted by molar-refractivity contribution is 5.95. The van der Waals surface area contributed by atoms with Crippen LogP contribution in [0.3, 0.4) is 0 Å². The van der Waals surface area contributed by atoms with Crippen molar-refractivity contribution in [3.8, 4) is 6.01 Å². The normalized spacial score (nSPS) is 11.6. The standard InChI is InChI=1S/C16H17N3O3/c1-10(13-8-6-5-7-9-13)14(15(20)21-4)22-16-18-11(2)17-12(3)19-16/h5-9H,1-4H3/b14-10+. The summed E-state index contributed by atoms with van der Waals surface area (Å²) < 4.78 is 10.4. The molecule has 114 valence electrons. The van der Waals surface area contributed by atoms with Crippen molar-refractivity contribution in [2.24, 2.45) is 0 Å². The lowest BCUT2D eigenvalue weighted by atomic mass is 10.1. The summed E-state index contributed by atoms with van der Waals surface area (Å²) in [4.78, 5) is 24.3. The van der Waals surface area contributed by atoms with Gasteiger partial charge in [-0.2, -0.15) is 9.97 Å². The monoisotopic (exact) mass is 299 g/mol. The molecule has 22 heavy (non-hydrogen) atoms. The molecule has 1 aromatic heterocycles. The van der Waals surface area contributed by atoms with Crippen molar-refractivity contribution in [3.63, 3.8) is 0 Å². The third kappa shape index (κ3) is 3.66. The summed E-state index contributed by atoms with van der Waals surface area (Å²) in [7, 11) is 1.30. The molecule has 0 unspecified atom stereocenters. The van der Waals surface area contributed by atoms with Gasteiger partial charge in [-0.15, -0.1) is 0 Å². The van der Waals surface area contributed by atoms with E-state index in [4.69, 9.17) is 9.47 Å². The van der Waals surface area contributed by atoms with Gasteiger partial charge in [0.05, 0.1) is 7.11 Å². The van der Waals surface area contributed by atoms with Gasteiger partial charge in [-0.3, -0.25) is 0 Å². The molecule has 0 aliphatic rings. The summed E-state index contributed by atoms with van der Waals surface area (Å²) in [5.74, 6) is 0.504. The lowest BCUT2D eigenvalue weighted by Gasteiger charge is -2.11. The topological polar surface area (TPSA) is 74.2 Å². The summed E-state index contributed by atoms with van der Waals surface area (Å²) >= 11 is 0. The number of nitrogens with zero attached hydrogens (tertiary/aromatic N) is 3. The van der Waals surface area contributed by atoms with Gasteiger partial charge in [0.15, 0.2) is 0 Å². The SMILES string of the molecule is COC(=O)/C(Oc1nc(C)nc(C)n1)=C(/C)c1ccccc1. The van der Waals surface area contributed by atoms with Gasteiger partial charge >= 0.3 is 12.0 Å². The number of aromatic nitrogens is 3. The van der Waals surface area contributed by atoms with Crippen LogP contribution >= 0.6 is 0 Å². The molecule has 0 radical (unpaired) electrons. The highest BCUT2D eigenvalue weighted by Gasteiger charge is 2.19. The molecule has 1 aromatic carbocycles. The molecule has 0 fully saturated rings. The van der Waals surface area contributed by atoms with Crippen LogP contribution in [0.2, 0.25) is 0 Å². The first kappa shape index (κ1) is 15.6. The van der Waals surface area contributed by atoms with E-state index in [1.807, 2.05) is 30.3 Å². The highest BCUT2D eigenvalue weighted by atomic mass is 16.6. The van der Waals surface area contributed by atoms with Crippen LogP contribution in [0.4, 0.5) is 0 Å². The van der Waals surface area contributed by atoms with E-state index < -0.39 is 5.97 Å². The van der Waals surface area contributed by atoms with E-state index in [0.717, 1.165) is 5.56 Å². The molecule has 0 spiro atoms. The predicted octanol–water partition coefficient (Wildman–Crippen LogP) is 2.47. The summed E-state index contributed by atoms with van der Waals surface area (Å²) in [5.41, 5.74) is 1.49. The molecule has 6 nitrogen and oxygen atoms in total. The number of rotatable bonds is 4. The second kappa shape index (κ2) is 6.80. The minimum Gasteiger partial charge on any atom is -0.463 e. The Labute approximate surface area is 128 Å². The van der Waals surface area contributed by atoms with E-state index >= 15 is 0 Å². The number of ether oxygens (including phenoxy) is 2. The summed E-state index contributed by atoms with van der Waals surface area (Å²) in [6.07, 6.45) is 0. The van der Waals surface area contributed by atoms with Gasteiger partial charge < -0.3 is 9.47 Å². The second-order valence-corrected chi connectivity index (χ2v) is 4.63. The van der Waals surface area contributed by atoms with Crippen LogP contribution in [-0.2, 0) is 9.53 Å². The number of benzene rings is 1. The number of esters is 1. The van der Waals surface area contributed by atoms with E-state index in [9.17, 15) is 4.79 Å². The van der Waals surface area contributed by atoms with Crippen LogP contribution in [0.15, 0.2) is 36.1 Å². The van der Waals surface area contributed by atoms with E-state index in [1.165, 1.54) is 7.11 Å². The molecule has 0 saturated heterocycles. The minimum absolute atomic E-state index is 0.0544. The van der Waals surface area contributed by atoms with Crippen LogP contribution < -0.4 is 4.74 Å². The average molecular weight is 299 g/mol. The molecule has 0 aliphatic heterocycles. The average Bonchev–Trinajstić information content (AvgIpc) is 2.51. The first-order valence-electron chi connectivity index (χ1n) is 6.73. The zero-order valence-electron chi connectivity index (χ0n) is 13.0. The molecule has 2 rings (SSSR count). The number of carbonyl (C=O) groups excluding carboxylic acids is 1. The lowest BCUT2D eigenvalue weighted by Crippen LogP contribution is -2.15. The molecule has 2 aromatic rings. The van der Waals surface area contributed by atoms with Crippen molar-refractivity contribution in [1.82, 2.24) is 15.0 Å². The van der Waals surface area contributed by atoms with Crippen molar-refractivity contribution in [2.75, 3.05) is 7.11 Å². The van der Waals surface area contributed by atoms with E-state index in [1.54, 1.807) is 20.8 Å². The van der Waals surface area contributed by atoms with E-state index in [0.29, 0.717) is 17.2 Å². The van der Waals surface area contributed by atoms with Gasteiger partial charge in [-0.25, -0.2) is 9.78 Å². The third-order valence-corrected chi connectivity index (χ3v) is 2.95. The van der Waals surface area contributed by atoms with Crippen LogP contribution in [0.5, 0.6) is 6.01 Å². The van der Waals surface area contributed by atoms with Gasteiger partial charge in [-0.1, -0.05) is 30.3 Å². The molecule has 0 amide bonds. The van der Waals surface area contributed by atoms with E-state index in [-0.39, 0.29) is 11.8 Å². The van der Waals surface area contributed by atoms with Crippen molar-refractivity contribution >= 4 is 11.5 Å².